The summed E-state index contributed by atoms with van der Waals surface area (Å²) in [6.07, 6.45) is 5.82. The smallest absolute Gasteiger partial charge is 0.315 e. The van der Waals surface area contributed by atoms with E-state index in [0.29, 0.717) is 12.6 Å². The predicted octanol–water partition coefficient (Wildman–Crippen LogP) is 2.16. The monoisotopic (exact) mass is 286 g/mol. The predicted molar refractivity (Wildman–Crippen MR) is 82.7 cm³/mol. The van der Waals surface area contributed by atoms with Gasteiger partial charge in [0.25, 0.3) is 0 Å². The van der Waals surface area contributed by atoms with Gasteiger partial charge in [0.1, 0.15) is 6.61 Å². The van der Waals surface area contributed by atoms with E-state index in [0.717, 1.165) is 24.0 Å². The molecule has 1 aliphatic carbocycles. The molecule has 1 aliphatic rings. The minimum Gasteiger partial charge on any atom is -0.384 e. The van der Waals surface area contributed by atoms with Gasteiger partial charge in [-0.2, -0.15) is 0 Å². The summed E-state index contributed by atoms with van der Waals surface area (Å²) < 4.78 is 0. The van der Waals surface area contributed by atoms with Crippen molar-refractivity contribution >= 4 is 6.03 Å². The largest absolute Gasteiger partial charge is 0.384 e. The third-order valence-corrected chi connectivity index (χ3v) is 3.70. The molecule has 1 saturated carbocycles. The Morgan fingerprint density at radius 2 is 2.00 bits per heavy atom. The number of carbonyl (C=O) groups excluding carboxylic acids is 1. The Bertz CT molecular complexity index is 525. The Morgan fingerprint density at radius 1 is 1.24 bits per heavy atom. The number of amides is 2. The van der Waals surface area contributed by atoms with Gasteiger partial charge in [0.05, 0.1) is 0 Å². The molecule has 1 aromatic carbocycles. The topological polar surface area (TPSA) is 61.4 Å². The maximum absolute atomic E-state index is 11.9. The molecule has 0 aromatic heterocycles. The van der Waals surface area contributed by atoms with Crippen molar-refractivity contribution in [1.82, 2.24) is 10.6 Å². The fraction of sp³-hybridized carbons (Fsp3) is 0.471. The highest BCUT2D eigenvalue weighted by Crippen LogP contribution is 2.17. The van der Waals surface area contributed by atoms with Gasteiger partial charge in [-0.25, -0.2) is 4.79 Å². The van der Waals surface area contributed by atoms with E-state index in [1.807, 2.05) is 24.3 Å². The molecule has 0 unspecified atom stereocenters. The van der Waals surface area contributed by atoms with E-state index in [4.69, 9.17) is 5.11 Å². The van der Waals surface area contributed by atoms with Gasteiger partial charge < -0.3 is 15.7 Å². The molecule has 0 spiro atoms. The number of aliphatic hydroxyl groups is 1. The molecule has 3 N–H and O–H groups in total. The second-order valence-corrected chi connectivity index (χ2v) is 5.28. The quantitative estimate of drug-likeness (QED) is 0.746. The van der Waals surface area contributed by atoms with E-state index in [-0.39, 0.29) is 12.6 Å². The van der Waals surface area contributed by atoms with Gasteiger partial charge in [-0.15, -0.1) is 0 Å². The van der Waals surface area contributed by atoms with Gasteiger partial charge >= 0.3 is 6.03 Å². The van der Waals surface area contributed by atoms with Gasteiger partial charge in [0.2, 0.25) is 0 Å². The average molecular weight is 286 g/mol. The lowest BCUT2D eigenvalue weighted by Crippen LogP contribution is -2.42. The van der Waals surface area contributed by atoms with E-state index < -0.39 is 0 Å². The molecular formula is C17H22N2O2. The number of benzene rings is 1. The van der Waals surface area contributed by atoms with Crippen LogP contribution in [0.5, 0.6) is 0 Å². The summed E-state index contributed by atoms with van der Waals surface area (Å²) in [4.78, 5) is 11.9. The van der Waals surface area contributed by atoms with Crippen molar-refractivity contribution in [2.45, 2.75) is 44.7 Å². The van der Waals surface area contributed by atoms with Crippen LogP contribution in [0.3, 0.4) is 0 Å². The first-order chi connectivity index (χ1) is 10.3. The SMILES string of the molecule is O=C(NCc1ccccc1C#CCO)NC1CCCCC1. The molecule has 4 heteroatoms. The lowest BCUT2D eigenvalue weighted by molar-refractivity contribution is 0.232. The zero-order chi connectivity index (χ0) is 14.9. The van der Waals surface area contributed by atoms with Gasteiger partial charge in [0.15, 0.2) is 0 Å². The van der Waals surface area contributed by atoms with Gasteiger partial charge in [-0.3, -0.25) is 0 Å². The standard InChI is InChI=1S/C17H22N2O2/c20-12-6-9-14-7-4-5-8-15(14)13-18-17(21)19-16-10-2-1-3-11-16/h4-5,7-8,16,20H,1-3,10-13H2,(H2,18,19,21). The Balaban J connectivity index is 1.86. The lowest BCUT2D eigenvalue weighted by atomic mass is 9.96. The first-order valence-electron chi connectivity index (χ1n) is 7.51. The second kappa shape index (κ2) is 8.33. The summed E-state index contributed by atoms with van der Waals surface area (Å²) in [6.45, 7) is 0.277. The van der Waals surface area contributed by atoms with E-state index in [2.05, 4.69) is 22.5 Å². The minimum atomic E-state index is -0.163. The summed E-state index contributed by atoms with van der Waals surface area (Å²) >= 11 is 0. The van der Waals surface area contributed by atoms with E-state index in [1.165, 1.54) is 19.3 Å². The fourth-order valence-corrected chi connectivity index (χ4v) is 2.59. The normalized spacial score (nSPS) is 14.9. The van der Waals surface area contributed by atoms with Crippen LogP contribution < -0.4 is 10.6 Å². The van der Waals surface area contributed by atoms with Gasteiger partial charge in [-0.05, 0) is 24.5 Å². The molecule has 4 nitrogen and oxygen atoms in total. The molecule has 112 valence electrons. The van der Waals surface area contributed by atoms with Crippen LogP contribution in [0.2, 0.25) is 0 Å². The van der Waals surface area contributed by atoms with E-state index in [1.54, 1.807) is 0 Å². The zero-order valence-electron chi connectivity index (χ0n) is 12.2. The minimum absolute atomic E-state index is 0.119. The second-order valence-electron chi connectivity index (χ2n) is 5.28. The maximum atomic E-state index is 11.9. The van der Waals surface area contributed by atoms with Crippen LogP contribution in [0.4, 0.5) is 4.79 Å². The molecule has 0 radical (unpaired) electrons. The molecule has 1 fully saturated rings. The molecule has 0 saturated heterocycles. The molecule has 0 bridgehead atoms. The van der Waals surface area contributed by atoms with E-state index >= 15 is 0 Å². The van der Waals surface area contributed by atoms with Crippen LogP contribution in [0.1, 0.15) is 43.2 Å². The molecule has 0 aliphatic heterocycles. The number of urea groups is 1. The summed E-state index contributed by atoms with van der Waals surface area (Å²) in [5.74, 6) is 5.53. The Morgan fingerprint density at radius 3 is 2.76 bits per heavy atom. The molecule has 1 aromatic rings. The number of rotatable bonds is 3. The van der Waals surface area contributed by atoms with Crippen LogP contribution in [-0.2, 0) is 6.54 Å². The molecule has 2 rings (SSSR count). The number of nitrogens with one attached hydrogen (secondary N) is 2. The Kier molecular flexibility index (Phi) is 6.11. The van der Waals surface area contributed by atoms with Crippen LogP contribution in [-0.4, -0.2) is 23.8 Å². The first kappa shape index (κ1) is 15.4. The highest BCUT2D eigenvalue weighted by molar-refractivity contribution is 5.74. The third-order valence-electron chi connectivity index (χ3n) is 3.70. The van der Waals surface area contributed by atoms with Crippen LogP contribution in [0, 0.1) is 11.8 Å². The highest BCUT2D eigenvalue weighted by Gasteiger charge is 2.15. The van der Waals surface area contributed by atoms with Crippen LogP contribution >= 0.6 is 0 Å². The summed E-state index contributed by atoms with van der Waals surface area (Å²) in [5, 5.41) is 14.7. The van der Waals surface area contributed by atoms with Crippen molar-refractivity contribution < 1.29 is 9.90 Å². The number of hydrogen-bond acceptors (Lipinski definition) is 2. The molecule has 0 heterocycles. The molecular weight excluding hydrogens is 264 g/mol. The van der Waals surface area contributed by atoms with Crippen molar-refractivity contribution in [2.24, 2.45) is 0 Å². The van der Waals surface area contributed by atoms with E-state index in [9.17, 15) is 4.79 Å². The highest BCUT2D eigenvalue weighted by atomic mass is 16.2. The van der Waals surface area contributed by atoms with Crippen LogP contribution in [0.25, 0.3) is 0 Å². The van der Waals surface area contributed by atoms with Crippen LogP contribution in [0.15, 0.2) is 24.3 Å². The zero-order valence-corrected chi connectivity index (χ0v) is 12.2. The number of aliphatic hydroxyl groups excluding tert-OH is 1. The van der Waals surface area contributed by atoms with Crippen molar-refractivity contribution in [3.63, 3.8) is 0 Å². The Hall–Kier alpha value is -1.99. The Labute approximate surface area is 125 Å². The van der Waals surface area contributed by atoms with Crippen molar-refractivity contribution in [2.75, 3.05) is 6.61 Å². The van der Waals surface area contributed by atoms with Crippen molar-refractivity contribution in [3.05, 3.63) is 35.4 Å². The van der Waals surface area contributed by atoms with Crippen molar-refractivity contribution in [3.8, 4) is 11.8 Å². The summed E-state index contributed by atoms with van der Waals surface area (Å²) in [5.41, 5.74) is 1.79. The first-order valence-corrected chi connectivity index (χ1v) is 7.51. The number of carbonyl (C=O) groups is 1. The number of hydrogen-bond donors (Lipinski definition) is 3. The van der Waals surface area contributed by atoms with Gasteiger partial charge in [0, 0.05) is 18.2 Å². The molecule has 2 amide bonds. The maximum Gasteiger partial charge on any atom is 0.315 e. The summed E-state index contributed by atoms with van der Waals surface area (Å²) in [6, 6.07) is 7.82. The molecule has 0 atom stereocenters. The summed E-state index contributed by atoms with van der Waals surface area (Å²) in [7, 11) is 0. The van der Waals surface area contributed by atoms with Crippen molar-refractivity contribution in [1.29, 1.82) is 0 Å². The van der Waals surface area contributed by atoms with Gasteiger partial charge in [-0.1, -0.05) is 49.3 Å². The lowest BCUT2D eigenvalue weighted by Gasteiger charge is -2.22. The molecule has 21 heavy (non-hydrogen) atoms. The third kappa shape index (κ3) is 5.13. The average Bonchev–Trinajstić information content (AvgIpc) is 2.52. The fourth-order valence-electron chi connectivity index (χ4n) is 2.59.